The molecular weight excluding hydrogens is 518 g/mol. The summed E-state index contributed by atoms with van der Waals surface area (Å²) in [4.78, 5) is 56.3. The minimum Gasteiger partial charge on any atom is -0.450 e. The number of ether oxygens (including phenoxy) is 2. The molecule has 0 aliphatic carbocycles. The Kier molecular flexibility index (Phi) is 8.74. The Hall–Kier alpha value is -4.49. The van der Waals surface area contributed by atoms with Crippen LogP contribution in [0.15, 0.2) is 36.7 Å². The number of carbonyl (C=O) groups is 4. The van der Waals surface area contributed by atoms with Gasteiger partial charge in [0.25, 0.3) is 5.91 Å². The van der Waals surface area contributed by atoms with Crippen LogP contribution in [0.3, 0.4) is 0 Å². The summed E-state index contributed by atoms with van der Waals surface area (Å²) in [5, 5.41) is 5.00. The van der Waals surface area contributed by atoms with Gasteiger partial charge in [0.1, 0.15) is 11.8 Å². The van der Waals surface area contributed by atoms with E-state index in [1.165, 1.54) is 22.2 Å². The van der Waals surface area contributed by atoms with Gasteiger partial charge in [0, 0.05) is 50.7 Å². The molecule has 2 aliphatic heterocycles. The summed E-state index contributed by atoms with van der Waals surface area (Å²) < 4.78 is 40.1. The normalized spacial score (nSPS) is 17.1. The Morgan fingerprint density at radius 1 is 1.13 bits per heavy atom. The minimum absolute atomic E-state index is 0.0123. The summed E-state index contributed by atoms with van der Waals surface area (Å²) in [7, 11) is 0. The van der Waals surface area contributed by atoms with Crippen LogP contribution in [0.2, 0.25) is 0 Å². The number of aromatic nitrogens is 1. The molecule has 4 amide bonds. The molecule has 2 fully saturated rings. The number of piperazine rings is 1. The van der Waals surface area contributed by atoms with Crippen molar-refractivity contribution in [3.8, 4) is 0 Å². The van der Waals surface area contributed by atoms with Crippen LogP contribution in [0.1, 0.15) is 17.3 Å². The number of amides is 4. The third-order valence-electron chi connectivity index (χ3n) is 6.21. The highest BCUT2D eigenvalue weighted by atomic mass is 19.1. The van der Waals surface area contributed by atoms with Gasteiger partial charge in [-0.3, -0.25) is 19.5 Å². The first-order valence-corrected chi connectivity index (χ1v) is 12.4. The average Bonchev–Trinajstić information content (AvgIpc) is 3.31. The lowest BCUT2D eigenvalue weighted by Crippen LogP contribution is -2.51. The number of pyridine rings is 1. The second-order valence-electron chi connectivity index (χ2n) is 8.77. The largest absolute Gasteiger partial charge is 0.450 e. The summed E-state index contributed by atoms with van der Waals surface area (Å²) >= 11 is 0. The Morgan fingerprint density at radius 3 is 2.49 bits per heavy atom. The Morgan fingerprint density at radius 2 is 1.85 bits per heavy atom. The fraction of sp³-hybridized carbons (Fsp3) is 0.400. The van der Waals surface area contributed by atoms with E-state index in [0.717, 1.165) is 17.0 Å². The molecule has 4 rings (SSSR count). The van der Waals surface area contributed by atoms with Crippen molar-refractivity contribution < 1.29 is 37.4 Å². The molecule has 39 heavy (non-hydrogen) atoms. The van der Waals surface area contributed by atoms with Crippen molar-refractivity contribution in [3.05, 3.63) is 53.9 Å². The maximum absolute atomic E-state index is 15.1. The molecule has 1 aromatic heterocycles. The highest BCUT2D eigenvalue weighted by molar-refractivity contribution is 5.96. The summed E-state index contributed by atoms with van der Waals surface area (Å²) in [6, 6.07) is 5.29. The maximum atomic E-state index is 15.1. The predicted molar refractivity (Wildman–Crippen MR) is 134 cm³/mol. The Bertz CT molecular complexity index is 1200. The van der Waals surface area contributed by atoms with Crippen molar-refractivity contribution in [1.82, 2.24) is 20.5 Å². The fourth-order valence-corrected chi connectivity index (χ4v) is 4.27. The van der Waals surface area contributed by atoms with E-state index in [9.17, 15) is 19.2 Å². The van der Waals surface area contributed by atoms with E-state index >= 15 is 8.78 Å². The number of nitrogens with zero attached hydrogens (tertiary/aromatic N) is 4. The van der Waals surface area contributed by atoms with E-state index in [4.69, 9.17) is 9.47 Å². The van der Waals surface area contributed by atoms with Gasteiger partial charge in [-0.2, -0.15) is 0 Å². The molecule has 0 spiro atoms. The fourth-order valence-electron chi connectivity index (χ4n) is 4.27. The molecule has 1 atom stereocenters. The molecule has 2 aliphatic rings. The molecule has 2 saturated heterocycles. The van der Waals surface area contributed by atoms with Gasteiger partial charge in [0.15, 0.2) is 11.6 Å². The van der Waals surface area contributed by atoms with Gasteiger partial charge in [0.05, 0.1) is 37.5 Å². The summed E-state index contributed by atoms with van der Waals surface area (Å²) in [6.07, 6.45) is 0.753. The first kappa shape index (κ1) is 27.5. The van der Waals surface area contributed by atoms with Crippen molar-refractivity contribution in [2.45, 2.75) is 13.0 Å². The van der Waals surface area contributed by atoms with E-state index in [1.54, 1.807) is 19.1 Å². The number of rotatable bonds is 8. The summed E-state index contributed by atoms with van der Waals surface area (Å²) in [5.74, 6) is -2.48. The molecule has 2 aromatic rings. The smallest absolute Gasteiger partial charge is 0.414 e. The zero-order chi connectivity index (χ0) is 27.9. The molecule has 14 heteroatoms. The van der Waals surface area contributed by atoms with Gasteiger partial charge >= 0.3 is 12.2 Å². The van der Waals surface area contributed by atoms with Crippen LogP contribution in [0.25, 0.3) is 0 Å². The van der Waals surface area contributed by atoms with E-state index < -0.39 is 35.8 Å². The number of cyclic esters (lactones) is 1. The zero-order valence-corrected chi connectivity index (χ0v) is 21.2. The van der Waals surface area contributed by atoms with Gasteiger partial charge < -0.3 is 29.9 Å². The summed E-state index contributed by atoms with van der Waals surface area (Å²) in [6.45, 7) is 2.34. The van der Waals surface area contributed by atoms with Crippen molar-refractivity contribution in [2.75, 3.05) is 62.2 Å². The van der Waals surface area contributed by atoms with Crippen molar-refractivity contribution in [3.63, 3.8) is 0 Å². The number of benzene rings is 1. The van der Waals surface area contributed by atoms with E-state index in [-0.39, 0.29) is 69.7 Å². The van der Waals surface area contributed by atoms with Crippen LogP contribution in [-0.2, 0) is 14.3 Å². The standard InChI is InChI=1S/C25H28F2N6O6/c1-2-38-24(36)30-13-18-15-33(25(37)39-18)17-10-19(26)22(20(27)11-17)32-8-6-31(7-9-32)21(34)14-29-23(35)16-4-3-5-28-12-16/h3-5,10-12,18H,2,6-9,13-15H2,1H3,(H,29,35)(H,30,36)/t18-/m1/s1. The highest BCUT2D eigenvalue weighted by Gasteiger charge is 2.34. The predicted octanol–water partition coefficient (Wildman–Crippen LogP) is 1.51. The third kappa shape index (κ3) is 6.69. The van der Waals surface area contributed by atoms with Crippen LogP contribution in [0.5, 0.6) is 0 Å². The molecule has 208 valence electrons. The Labute approximate surface area is 222 Å². The number of halogens is 2. The number of hydrogen-bond acceptors (Lipinski definition) is 8. The monoisotopic (exact) mass is 546 g/mol. The van der Waals surface area contributed by atoms with Crippen molar-refractivity contribution >= 4 is 35.4 Å². The quantitative estimate of drug-likeness (QED) is 0.509. The number of hydrogen-bond donors (Lipinski definition) is 2. The third-order valence-corrected chi connectivity index (χ3v) is 6.21. The van der Waals surface area contributed by atoms with Gasteiger partial charge in [0.2, 0.25) is 5.91 Å². The minimum atomic E-state index is -0.866. The van der Waals surface area contributed by atoms with Crippen LogP contribution in [0.4, 0.5) is 29.7 Å². The SMILES string of the molecule is CCOC(=O)NC[C@@H]1CN(c2cc(F)c(N3CCN(C(=O)CNC(=O)c4cccnc4)CC3)c(F)c2)C(=O)O1. The second kappa shape index (κ2) is 12.4. The molecule has 2 N–H and O–H groups in total. The molecule has 1 aromatic carbocycles. The summed E-state index contributed by atoms with van der Waals surface area (Å²) in [5.41, 5.74) is 0.0509. The van der Waals surface area contributed by atoms with Crippen LogP contribution >= 0.6 is 0 Å². The second-order valence-corrected chi connectivity index (χ2v) is 8.77. The van der Waals surface area contributed by atoms with Gasteiger partial charge in [-0.05, 0) is 19.1 Å². The van der Waals surface area contributed by atoms with Crippen LogP contribution in [-0.4, -0.2) is 92.4 Å². The van der Waals surface area contributed by atoms with Crippen molar-refractivity contribution in [2.24, 2.45) is 0 Å². The van der Waals surface area contributed by atoms with Gasteiger partial charge in [-0.1, -0.05) is 0 Å². The van der Waals surface area contributed by atoms with E-state index in [1.807, 2.05) is 0 Å². The van der Waals surface area contributed by atoms with E-state index in [2.05, 4.69) is 15.6 Å². The zero-order valence-electron chi connectivity index (χ0n) is 21.2. The average molecular weight is 547 g/mol. The number of alkyl carbamates (subject to hydrolysis) is 1. The van der Waals surface area contributed by atoms with Gasteiger partial charge in [-0.25, -0.2) is 18.4 Å². The lowest BCUT2D eigenvalue weighted by Gasteiger charge is -2.36. The highest BCUT2D eigenvalue weighted by Crippen LogP contribution is 2.31. The number of carbonyl (C=O) groups excluding carboxylic acids is 4. The topological polar surface area (TPSA) is 133 Å². The number of nitrogens with one attached hydrogen (secondary N) is 2. The lowest BCUT2D eigenvalue weighted by atomic mass is 10.2. The molecular formula is C25H28F2N6O6. The first-order valence-electron chi connectivity index (χ1n) is 12.4. The molecule has 0 saturated carbocycles. The van der Waals surface area contributed by atoms with Gasteiger partial charge in [-0.15, -0.1) is 0 Å². The van der Waals surface area contributed by atoms with E-state index in [0.29, 0.717) is 5.56 Å². The first-order chi connectivity index (χ1) is 18.8. The lowest BCUT2D eigenvalue weighted by molar-refractivity contribution is -0.130. The molecule has 12 nitrogen and oxygen atoms in total. The molecule has 3 heterocycles. The maximum Gasteiger partial charge on any atom is 0.414 e. The number of anilines is 2. The Balaban J connectivity index is 1.31. The van der Waals surface area contributed by atoms with Crippen LogP contribution in [0, 0.1) is 11.6 Å². The van der Waals surface area contributed by atoms with Crippen molar-refractivity contribution in [1.29, 1.82) is 0 Å². The molecule has 0 unspecified atom stereocenters. The van der Waals surface area contributed by atoms with Crippen LogP contribution < -0.4 is 20.4 Å². The molecule has 0 radical (unpaired) electrons. The molecule has 0 bridgehead atoms.